The molecule has 0 spiro atoms. The largest absolute Gasteiger partial charge is 0.339 e. The normalized spacial score (nSPS) is 12.2. The zero-order chi connectivity index (χ0) is 11.3. The van der Waals surface area contributed by atoms with Crippen molar-refractivity contribution in [2.45, 2.75) is 25.9 Å². The van der Waals surface area contributed by atoms with Crippen LogP contribution in [-0.4, -0.2) is 28.9 Å². The van der Waals surface area contributed by atoms with E-state index in [1.54, 1.807) is 18.1 Å². The highest BCUT2D eigenvalue weighted by Gasteiger charge is 2.16. The fourth-order valence-corrected chi connectivity index (χ4v) is 1.27. The maximum absolute atomic E-state index is 11.7. The van der Waals surface area contributed by atoms with Crippen LogP contribution in [0, 0.1) is 0 Å². The second kappa shape index (κ2) is 5.46. The molecule has 0 saturated carbocycles. The molecule has 1 atom stereocenters. The Labute approximate surface area is 90.1 Å². The third kappa shape index (κ3) is 3.32. The maximum Gasteiger partial charge on any atom is 0.239 e. The lowest BCUT2D eigenvalue weighted by Gasteiger charge is -2.19. The number of hydrogen-bond acceptors (Lipinski definition) is 3. The summed E-state index contributed by atoms with van der Waals surface area (Å²) in [6.45, 7) is 2.41. The Balaban J connectivity index is 2.56. The van der Waals surface area contributed by atoms with Crippen molar-refractivity contribution < 1.29 is 4.79 Å². The lowest BCUT2D eigenvalue weighted by molar-refractivity contribution is -0.131. The Morgan fingerprint density at radius 2 is 2.33 bits per heavy atom. The topological polar surface area (TPSA) is 59.2 Å². The first-order valence-corrected chi connectivity index (χ1v) is 5.05. The zero-order valence-corrected chi connectivity index (χ0v) is 9.18. The minimum Gasteiger partial charge on any atom is -0.339 e. The number of amides is 1. The molecule has 2 N–H and O–H groups in total. The molecule has 1 amide bonds. The molecule has 0 aliphatic carbocycles. The van der Waals surface area contributed by atoms with Gasteiger partial charge in [0.2, 0.25) is 5.91 Å². The Morgan fingerprint density at radius 1 is 1.60 bits per heavy atom. The molecule has 0 aliphatic rings. The van der Waals surface area contributed by atoms with Crippen molar-refractivity contribution >= 4 is 5.91 Å². The van der Waals surface area contributed by atoms with Gasteiger partial charge in [-0.1, -0.05) is 13.0 Å². The van der Waals surface area contributed by atoms with Gasteiger partial charge in [0.1, 0.15) is 0 Å². The van der Waals surface area contributed by atoms with Gasteiger partial charge in [0.25, 0.3) is 0 Å². The van der Waals surface area contributed by atoms with E-state index in [1.807, 2.05) is 25.1 Å². The molecule has 1 heterocycles. The first-order chi connectivity index (χ1) is 7.15. The van der Waals surface area contributed by atoms with Crippen molar-refractivity contribution in [3.8, 4) is 0 Å². The van der Waals surface area contributed by atoms with E-state index in [2.05, 4.69) is 4.98 Å². The van der Waals surface area contributed by atoms with Gasteiger partial charge in [0.15, 0.2) is 0 Å². The first-order valence-electron chi connectivity index (χ1n) is 5.05. The van der Waals surface area contributed by atoms with Gasteiger partial charge in [-0.2, -0.15) is 0 Å². The fourth-order valence-electron chi connectivity index (χ4n) is 1.27. The number of carbonyl (C=O) groups is 1. The molecule has 82 valence electrons. The second-order valence-electron chi connectivity index (χ2n) is 3.53. The molecule has 1 rings (SSSR count). The number of nitrogens with zero attached hydrogens (tertiary/aromatic N) is 2. The number of carbonyl (C=O) groups excluding carboxylic acids is 1. The van der Waals surface area contributed by atoms with Crippen LogP contribution in [0.15, 0.2) is 24.4 Å². The molecular formula is C11H17N3O. The molecule has 0 saturated heterocycles. The summed E-state index contributed by atoms with van der Waals surface area (Å²) < 4.78 is 0. The van der Waals surface area contributed by atoms with Gasteiger partial charge in [-0.15, -0.1) is 0 Å². The van der Waals surface area contributed by atoms with E-state index in [0.717, 1.165) is 5.69 Å². The minimum atomic E-state index is -0.404. The van der Waals surface area contributed by atoms with Gasteiger partial charge in [-0.25, -0.2) is 0 Å². The number of rotatable bonds is 4. The van der Waals surface area contributed by atoms with Crippen LogP contribution in [-0.2, 0) is 11.3 Å². The zero-order valence-electron chi connectivity index (χ0n) is 9.18. The average molecular weight is 207 g/mol. The van der Waals surface area contributed by atoms with Crippen LogP contribution < -0.4 is 5.73 Å². The molecule has 1 unspecified atom stereocenters. The molecule has 15 heavy (non-hydrogen) atoms. The van der Waals surface area contributed by atoms with E-state index in [9.17, 15) is 4.79 Å². The summed E-state index contributed by atoms with van der Waals surface area (Å²) >= 11 is 0. The van der Waals surface area contributed by atoms with E-state index in [1.165, 1.54) is 0 Å². The van der Waals surface area contributed by atoms with Gasteiger partial charge in [-0.05, 0) is 18.6 Å². The second-order valence-corrected chi connectivity index (χ2v) is 3.53. The molecule has 0 aliphatic heterocycles. The van der Waals surface area contributed by atoms with Crippen molar-refractivity contribution in [1.29, 1.82) is 0 Å². The fraction of sp³-hybridized carbons (Fsp3) is 0.455. The summed E-state index contributed by atoms with van der Waals surface area (Å²) in [7, 11) is 1.74. The third-order valence-electron chi connectivity index (χ3n) is 2.26. The summed E-state index contributed by atoms with van der Waals surface area (Å²) in [5.74, 6) is -0.0387. The molecule has 4 nitrogen and oxygen atoms in total. The van der Waals surface area contributed by atoms with Crippen LogP contribution in [0.25, 0.3) is 0 Å². The lowest BCUT2D eigenvalue weighted by atomic mass is 10.2. The Bertz CT molecular complexity index is 313. The lowest BCUT2D eigenvalue weighted by Crippen LogP contribution is -2.41. The Kier molecular flexibility index (Phi) is 4.24. The molecule has 0 bridgehead atoms. The Morgan fingerprint density at radius 3 is 2.87 bits per heavy atom. The summed E-state index contributed by atoms with van der Waals surface area (Å²) in [5.41, 5.74) is 6.53. The number of aromatic nitrogens is 1. The van der Waals surface area contributed by atoms with Crippen molar-refractivity contribution in [2.75, 3.05) is 7.05 Å². The summed E-state index contributed by atoms with van der Waals surface area (Å²) in [6.07, 6.45) is 2.37. The summed E-state index contributed by atoms with van der Waals surface area (Å²) in [4.78, 5) is 17.4. The quantitative estimate of drug-likeness (QED) is 0.793. The number of likely N-dealkylation sites (N-methyl/N-ethyl adjacent to an activating group) is 1. The maximum atomic E-state index is 11.7. The van der Waals surface area contributed by atoms with Crippen LogP contribution in [0.4, 0.5) is 0 Å². The molecule has 1 aromatic heterocycles. The van der Waals surface area contributed by atoms with Crippen LogP contribution in [0.1, 0.15) is 19.0 Å². The van der Waals surface area contributed by atoms with Crippen LogP contribution in [0.2, 0.25) is 0 Å². The molecular weight excluding hydrogens is 190 g/mol. The van der Waals surface area contributed by atoms with E-state index >= 15 is 0 Å². The van der Waals surface area contributed by atoms with Gasteiger partial charge in [0.05, 0.1) is 18.3 Å². The van der Waals surface area contributed by atoms with Crippen LogP contribution in [0.5, 0.6) is 0 Å². The average Bonchev–Trinajstić information content (AvgIpc) is 2.28. The van der Waals surface area contributed by atoms with Crippen molar-refractivity contribution in [3.63, 3.8) is 0 Å². The van der Waals surface area contributed by atoms with Crippen LogP contribution in [0.3, 0.4) is 0 Å². The van der Waals surface area contributed by atoms with Crippen molar-refractivity contribution in [2.24, 2.45) is 5.73 Å². The highest BCUT2D eigenvalue weighted by molar-refractivity contribution is 5.81. The Hall–Kier alpha value is -1.42. The van der Waals surface area contributed by atoms with Gasteiger partial charge in [0, 0.05) is 13.2 Å². The number of hydrogen-bond donors (Lipinski definition) is 1. The molecule has 0 fully saturated rings. The predicted octanol–water partition coefficient (Wildman–Crippen LogP) is 0.777. The molecule has 0 aromatic carbocycles. The molecule has 1 aromatic rings. The first kappa shape index (κ1) is 11.7. The van der Waals surface area contributed by atoms with Gasteiger partial charge >= 0.3 is 0 Å². The number of nitrogens with two attached hydrogens (primary N) is 1. The van der Waals surface area contributed by atoms with Gasteiger partial charge in [-0.3, -0.25) is 9.78 Å². The highest BCUT2D eigenvalue weighted by Crippen LogP contribution is 2.01. The SMILES string of the molecule is CCC(N)C(=O)N(C)Cc1ccccn1. The molecule has 4 heteroatoms. The third-order valence-corrected chi connectivity index (χ3v) is 2.26. The van der Waals surface area contributed by atoms with E-state index < -0.39 is 6.04 Å². The van der Waals surface area contributed by atoms with Crippen LogP contribution >= 0.6 is 0 Å². The van der Waals surface area contributed by atoms with Gasteiger partial charge < -0.3 is 10.6 Å². The minimum absolute atomic E-state index is 0.0387. The standard InChI is InChI=1S/C11H17N3O/c1-3-10(12)11(15)14(2)8-9-6-4-5-7-13-9/h4-7,10H,3,8,12H2,1-2H3. The smallest absolute Gasteiger partial charge is 0.239 e. The van der Waals surface area contributed by atoms with Crippen molar-refractivity contribution in [1.82, 2.24) is 9.88 Å². The van der Waals surface area contributed by atoms with Crippen molar-refractivity contribution in [3.05, 3.63) is 30.1 Å². The predicted molar refractivity (Wildman–Crippen MR) is 59.0 cm³/mol. The highest BCUT2D eigenvalue weighted by atomic mass is 16.2. The summed E-state index contributed by atoms with van der Waals surface area (Å²) in [5, 5.41) is 0. The number of pyridine rings is 1. The van der Waals surface area contributed by atoms with E-state index in [4.69, 9.17) is 5.73 Å². The van der Waals surface area contributed by atoms with E-state index in [-0.39, 0.29) is 5.91 Å². The summed E-state index contributed by atoms with van der Waals surface area (Å²) in [6, 6.07) is 5.24. The van der Waals surface area contributed by atoms with E-state index in [0.29, 0.717) is 13.0 Å². The molecule has 0 radical (unpaired) electrons. The monoisotopic (exact) mass is 207 g/mol.